The van der Waals surface area contributed by atoms with Gasteiger partial charge < -0.3 is 5.11 Å². The lowest BCUT2D eigenvalue weighted by Crippen LogP contribution is -2.42. The van der Waals surface area contributed by atoms with Gasteiger partial charge in [0.25, 0.3) is 0 Å². The molecule has 1 N–H and O–H groups in total. The lowest BCUT2D eigenvalue weighted by atomic mass is 9.92. The summed E-state index contributed by atoms with van der Waals surface area (Å²) in [6.45, 7) is 9.01. The molecule has 1 heterocycles. The number of rotatable bonds is 6. The van der Waals surface area contributed by atoms with Crippen LogP contribution >= 0.6 is 0 Å². The first-order valence-electron chi connectivity index (χ1n) is 8.10. The van der Waals surface area contributed by atoms with Gasteiger partial charge in [0, 0.05) is 12.6 Å². The van der Waals surface area contributed by atoms with E-state index in [1.54, 1.807) is 0 Å². The standard InChI is InChI=1S/C18H29NO/c1-4-8-15-11-12-19(13-15)17(14(2)3)18(20)16-9-6-5-7-10-16/h5-7,9-10,14-15,17-18,20H,4,8,11-13H2,1-3H3. The summed E-state index contributed by atoms with van der Waals surface area (Å²) in [6.07, 6.45) is 3.50. The van der Waals surface area contributed by atoms with Gasteiger partial charge in [-0.2, -0.15) is 0 Å². The minimum Gasteiger partial charge on any atom is -0.387 e. The van der Waals surface area contributed by atoms with E-state index in [0.29, 0.717) is 5.92 Å². The Labute approximate surface area is 123 Å². The Balaban J connectivity index is 2.08. The van der Waals surface area contributed by atoms with Crippen molar-refractivity contribution in [3.63, 3.8) is 0 Å². The molecule has 1 saturated heterocycles. The normalized spacial score (nSPS) is 23.1. The fourth-order valence-corrected chi connectivity index (χ4v) is 3.61. The molecule has 112 valence electrons. The van der Waals surface area contributed by atoms with Crippen LogP contribution < -0.4 is 0 Å². The molecular formula is C18H29NO. The molecule has 2 nitrogen and oxygen atoms in total. The van der Waals surface area contributed by atoms with Crippen molar-refractivity contribution in [3.05, 3.63) is 35.9 Å². The highest BCUT2D eigenvalue weighted by molar-refractivity contribution is 5.19. The van der Waals surface area contributed by atoms with Gasteiger partial charge in [-0.1, -0.05) is 57.5 Å². The summed E-state index contributed by atoms with van der Waals surface area (Å²) in [7, 11) is 0. The number of benzene rings is 1. The highest BCUT2D eigenvalue weighted by Crippen LogP contribution is 2.32. The summed E-state index contributed by atoms with van der Waals surface area (Å²) in [5.41, 5.74) is 1.05. The highest BCUT2D eigenvalue weighted by atomic mass is 16.3. The van der Waals surface area contributed by atoms with Crippen molar-refractivity contribution in [2.24, 2.45) is 11.8 Å². The molecule has 0 aromatic heterocycles. The highest BCUT2D eigenvalue weighted by Gasteiger charge is 2.34. The zero-order chi connectivity index (χ0) is 14.5. The topological polar surface area (TPSA) is 23.5 Å². The molecular weight excluding hydrogens is 246 g/mol. The van der Waals surface area contributed by atoms with Gasteiger partial charge in [0.2, 0.25) is 0 Å². The summed E-state index contributed by atoms with van der Waals surface area (Å²) in [5.74, 6) is 1.29. The van der Waals surface area contributed by atoms with Crippen LogP contribution in [0.2, 0.25) is 0 Å². The van der Waals surface area contributed by atoms with Crippen molar-refractivity contribution in [1.82, 2.24) is 4.90 Å². The third-order valence-electron chi connectivity index (χ3n) is 4.58. The average molecular weight is 275 g/mol. The van der Waals surface area contributed by atoms with E-state index in [2.05, 4.69) is 25.7 Å². The van der Waals surface area contributed by atoms with E-state index in [0.717, 1.165) is 24.6 Å². The molecule has 0 saturated carbocycles. The van der Waals surface area contributed by atoms with Crippen LogP contribution in [0.4, 0.5) is 0 Å². The average Bonchev–Trinajstić information content (AvgIpc) is 2.88. The third kappa shape index (κ3) is 3.62. The first-order valence-corrected chi connectivity index (χ1v) is 8.10. The molecule has 3 atom stereocenters. The van der Waals surface area contributed by atoms with Gasteiger partial charge >= 0.3 is 0 Å². The fourth-order valence-electron chi connectivity index (χ4n) is 3.61. The van der Waals surface area contributed by atoms with Crippen molar-refractivity contribution in [2.45, 2.75) is 52.2 Å². The van der Waals surface area contributed by atoms with Gasteiger partial charge in [0.1, 0.15) is 0 Å². The number of likely N-dealkylation sites (tertiary alicyclic amines) is 1. The van der Waals surface area contributed by atoms with Crippen molar-refractivity contribution >= 4 is 0 Å². The van der Waals surface area contributed by atoms with Gasteiger partial charge in [-0.05, 0) is 36.8 Å². The predicted octanol–water partition coefficient (Wildman–Crippen LogP) is 3.87. The molecule has 20 heavy (non-hydrogen) atoms. The van der Waals surface area contributed by atoms with Crippen LogP contribution in [0.15, 0.2) is 30.3 Å². The number of hydrogen-bond donors (Lipinski definition) is 1. The van der Waals surface area contributed by atoms with Crippen LogP contribution in [0.25, 0.3) is 0 Å². The lowest BCUT2D eigenvalue weighted by Gasteiger charge is -2.35. The molecule has 0 spiro atoms. The number of aliphatic hydroxyl groups is 1. The summed E-state index contributed by atoms with van der Waals surface area (Å²) >= 11 is 0. The number of aliphatic hydroxyl groups excluding tert-OH is 1. The van der Waals surface area contributed by atoms with Crippen molar-refractivity contribution in [2.75, 3.05) is 13.1 Å². The summed E-state index contributed by atoms with van der Waals surface area (Å²) in [4.78, 5) is 2.52. The molecule has 0 bridgehead atoms. The first-order chi connectivity index (χ1) is 9.63. The quantitative estimate of drug-likeness (QED) is 0.852. The summed E-state index contributed by atoms with van der Waals surface area (Å²) in [6, 6.07) is 10.4. The molecule has 1 aromatic carbocycles. The molecule has 0 radical (unpaired) electrons. The SMILES string of the molecule is CCCC1CCN(C(C(C)C)C(O)c2ccccc2)C1. The van der Waals surface area contributed by atoms with Crippen molar-refractivity contribution < 1.29 is 5.11 Å². The zero-order valence-corrected chi connectivity index (χ0v) is 13.1. The van der Waals surface area contributed by atoms with Crippen LogP contribution in [0.5, 0.6) is 0 Å². The smallest absolute Gasteiger partial charge is 0.0947 e. The molecule has 1 fully saturated rings. The number of nitrogens with zero attached hydrogens (tertiary/aromatic N) is 1. The van der Waals surface area contributed by atoms with E-state index in [1.165, 1.54) is 19.3 Å². The maximum atomic E-state index is 10.8. The first kappa shape index (κ1) is 15.5. The summed E-state index contributed by atoms with van der Waals surface area (Å²) < 4.78 is 0. The Morgan fingerprint density at radius 3 is 2.55 bits per heavy atom. The van der Waals surface area contributed by atoms with Crippen LogP contribution in [-0.2, 0) is 0 Å². The minimum absolute atomic E-state index is 0.235. The monoisotopic (exact) mass is 275 g/mol. The fraction of sp³-hybridized carbons (Fsp3) is 0.667. The van der Waals surface area contributed by atoms with Gasteiger partial charge in [0.05, 0.1) is 6.10 Å². The van der Waals surface area contributed by atoms with Crippen molar-refractivity contribution in [3.8, 4) is 0 Å². The Kier molecular flexibility index (Phi) is 5.62. The lowest BCUT2D eigenvalue weighted by molar-refractivity contribution is 0.0330. The predicted molar refractivity (Wildman–Crippen MR) is 84.6 cm³/mol. The Morgan fingerprint density at radius 2 is 1.95 bits per heavy atom. The second-order valence-electron chi connectivity index (χ2n) is 6.53. The summed E-state index contributed by atoms with van der Waals surface area (Å²) in [5, 5.41) is 10.8. The van der Waals surface area contributed by atoms with E-state index >= 15 is 0 Å². The van der Waals surface area contributed by atoms with Crippen LogP contribution in [0.3, 0.4) is 0 Å². The van der Waals surface area contributed by atoms with Crippen LogP contribution in [-0.4, -0.2) is 29.1 Å². The molecule has 2 heteroatoms. The largest absolute Gasteiger partial charge is 0.387 e. The van der Waals surface area contributed by atoms with Gasteiger partial charge in [-0.15, -0.1) is 0 Å². The van der Waals surface area contributed by atoms with E-state index in [1.807, 2.05) is 30.3 Å². The second kappa shape index (κ2) is 7.24. The van der Waals surface area contributed by atoms with Gasteiger partial charge in [-0.25, -0.2) is 0 Å². The van der Waals surface area contributed by atoms with Crippen molar-refractivity contribution in [1.29, 1.82) is 0 Å². The molecule has 0 aliphatic carbocycles. The van der Waals surface area contributed by atoms with E-state index in [9.17, 15) is 5.11 Å². The minimum atomic E-state index is -0.378. The molecule has 3 unspecified atom stereocenters. The van der Waals surface area contributed by atoms with Crippen LogP contribution in [0, 0.1) is 11.8 Å². The van der Waals surface area contributed by atoms with Gasteiger partial charge in [0.15, 0.2) is 0 Å². The number of hydrogen-bond acceptors (Lipinski definition) is 2. The van der Waals surface area contributed by atoms with Crippen LogP contribution in [0.1, 0.15) is 51.7 Å². The maximum absolute atomic E-state index is 10.8. The Hall–Kier alpha value is -0.860. The molecule has 0 amide bonds. The molecule has 2 rings (SSSR count). The van der Waals surface area contributed by atoms with E-state index < -0.39 is 0 Å². The van der Waals surface area contributed by atoms with Gasteiger partial charge in [-0.3, -0.25) is 4.90 Å². The second-order valence-corrected chi connectivity index (χ2v) is 6.53. The maximum Gasteiger partial charge on any atom is 0.0947 e. The zero-order valence-electron chi connectivity index (χ0n) is 13.1. The molecule has 1 aromatic rings. The molecule has 1 aliphatic heterocycles. The molecule has 1 aliphatic rings. The Morgan fingerprint density at radius 1 is 1.25 bits per heavy atom. The third-order valence-corrected chi connectivity index (χ3v) is 4.58. The van der Waals surface area contributed by atoms with E-state index in [-0.39, 0.29) is 12.1 Å². The Bertz CT molecular complexity index is 390. The van der Waals surface area contributed by atoms with E-state index in [4.69, 9.17) is 0 Å².